The molecule has 0 saturated carbocycles. The van der Waals surface area contributed by atoms with Crippen LogP contribution < -0.4 is 10.3 Å². The van der Waals surface area contributed by atoms with Crippen LogP contribution in [0, 0.1) is 12.3 Å². The van der Waals surface area contributed by atoms with Crippen molar-refractivity contribution in [1.29, 1.82) is 0 Å². The maximum absolute atomic E-state index is 12.2. The highest BCUT2D eigenvalue weighted by molar-refractivity contribution is 6.34. The van der Waals surface area contributed by atoms with Gasteiger partial charge in [0, 0.05) is 0 Å². The van der Waals surface area contributed by atoms with Gasteiger partial charge in [0.1, 0.15) is 10.3 Å². The molecule has 0 aliphatic rings. The molecule has 0 spiro atoms. The Labute approximate surface area is 129 Å². The summed E-state index contributed by atoms with van der Waals surface area (Å²) in [5.74, 6) is 1.55. The van der Waals surface area contributed by atoms with Crippen molar-refractivity contribution in [1.82, 2.24) is 14.5 Å². The average molecular weight is 326 g/mol. The van der Waals surface area contributed by atoms with Crippen molar-refractivity contribution in [2.45, 2.75) is 6.54 Å². The van der Waals surface area contributed by atoms with Gasteiger partial charge in [-0.1, -0.05) is 29.1 Å². The van der Waals surface area contributed by atoms with Gasteiger partial charge in [0.15, 0.2) is 5.82 Å². The highest BCUT2D eigenvalue weighted by Crippen LogP contribution is 2.29. The van der Waals surface area contributed by atoms with E-state index in [1.807, 2.05) is 0 Å². The van der Waals surface area contributed by atoms with Gasteiger partial charge in [-0.3, -0.25) is 9.36 Å². The molecule has 1 N–H and O–H groups in total. The lowest BCUT2D eigenvalue weighted by Gasteiger charge is -2.13. The zero-order chi connectivity index (χ0) is 15.6. The second-order valence-electron chi connectivity index (χ2n) is 3.86. The summed E-state index contributed by atoms with van der Waals surface area (Å²) in [5.41, 5.74) is -0.310. The van der Waals surface area contributed by atoms with E-state index in [2.05, 4.69) is 15.9 Å². The fraction of sp³-hybridized carbons (Fsp3) is 0.154. The zero-order valence-corrected chi connectivity index (χ0v) is 12.3. The molecule has 0 bridgehead atoms. The molecule has 6 nitrogen and oxygen atoms in total. The van der Waals surface area contributed by atoms with Crippen molar-refractivity contribution in [3.8, 4) is 35.4 Å². The Bertz CT molecular complexity index is 796. The molecule has 2 aromatic rings. The van der Waals surface area contributed by atoms with Crippen LogP contribution in [0.25, 0.3) is 11.4 Å². The number of terminal acetylenes is 1. The first-order valence-corrected chi connectivity index (χ1v) is 6.38. The summed E-state index contributed by atoms with van der Waals surface area (Å²) in [6.07, 6.45) is 5.26. The molecule has 0 aromatic carbocycles. The molecule has 0 aliphatic heterocycles. The Hall–Kier alpha value is -2.23. The number of nitrogens with zero attached hydrogens (tertiary/aromatic N) is 3. The van der Waals surface area contributed by atoms with E-state index in [0.29, 0.717) is 5.56 Å². The number of methoxy groups -OCH3 is 1. The summed E-state index contributed by atoms with van der Waals surface area (Å²) < 4.78 is 5.97. The van der Waals surface area contributed by atoms with Gasteiger partial charge >= 0.3 is 5.56 Å². The lowest BCUT2D eigenvalue weighted by Crippen LogP contribution is -2.24. The highest BCUT2D eigenvalue weighted by Gasteiger charge is 2.19. The van der Waals surface area contributed by atoms with Crippen molar-refractivity contribution < 1.29 is 9.84 Å². The van der Waals surface area contributed by atoms with Gasteiger partial charge in [-0.25, -0.2) is 4.98 Å². The number of rotatable bonds is 3. The number of aromatic nitrogens is 3. The van der Waals surface area contributed by atoms with Crippen molar-refractivity contribution >= 4 is 23.2 Å². The number of halogens is 2. The molecule has 0 saturated heterocycles. The summed E-state index contributed by atoms with van der Waals surface area (Å²) in [7, 11) is 1.24. The molecule has 0 fully saturated rings. The molecule has 108 valence electrons. The minimum absolute atomic E-state index is 0.0322. The van der Waals surface area contributed by atoms with E-state index in [0.717, 1.165) is 4.57 Å². The standard InChI is InChI=1S/C13H9Cl2N3O3/c1-3-6-18-11(7-4-5-8(14)16-10(7)15)17-12(19)9(21-2)13(18)20/h1,4-5,19H,6H2,2H3. The summed E-state index contributed by atoms with van der Waals surface area (Å²) in [6.45, 7) is -0.0727. The number of ether oxygens (including phenoxy) is 1. The first kappa shape index (κ1) is 15.2. The summed E-state index contributed by atoms with van der Waals surface area (Å²) in [5, 5.41) is 10.0. The lowest BCUT2D eigenvalue weighted by atomic mass is 10.2. The van der Waals surface area contributed by atoms with E-state index in [4.69, 9.17) is 34.4 Å². The van der Waals surface area contributed by atoms with Gasteiger partial charge in [-0.05, 0) is 12.1 Å². The SMILES string of the molecule is C#CCn1c(-c2ccc(Cl)nc2Cl)nc(O)c(OC)c1=O. The van der Waals surface area contributed by atoms with Crippen LogP contribution in [-0.4, -0.2) is 26.8 Å². The second kappa shape index (κ2) is 6.04. The molecule has 0 atom stereocenters. The van der Waals surface area contributed by atoms with Crippen LogP contribution in [0.1, 0.15) is 0 Å². The van der Waals surface area contributed by atoms with E-state index >= 15 is 0 Å². The van der Waals surface area contributed by atoms with Crippen molar-refractivity contribution in [3.05, 3.63) is 32.8 Å². The lowest BCUT2D eigenvalue weighted by molar-refractivity contribution is 0.352. The quantitative estimate of drug-likeness (QED) is 0.689. The predicted octanol–water partition coefficient (Wildman–Crippen LogP) is 1.96. The van der Waals surface area contributed by atoms with Crippen LogP contribution in [0.5, 0.6) is 11.6 Å². The van der Waals surface area contributed by atoms with Gasteiger partial charge in [-0.2, -0.15) is 4.98 Å². The Morgan fingerprint density at radius 1 is 1.43 bits per heavy atom. The van der Waals surface area contributed by atoms with Gasteiger partial charge in [-0.15, -0.1) is 6.42 Å². The van der Waals surface area contributed by atoms with E-state index in [9.17, 15) is 9.90 Å². The van der Waals surface area contributed by atoms with E-state index in [-0.39, 0.29) is 28.4 Å². The maximum Gasteiger partial charge on any atom is 0.301 e. The fourth-order valence-electron chi connectivity index (χ4n) is 1.73. The Balaban J connectivity index is 2.79. The zero-order valence-electron chi connectivity index (χ0n) is 10.8. The Kier molecular flexibility index (Phi) is 4.36. The minimum Gasteiger partial charge on any atom is -0.490 e. The predicted molar refractivity (Wildman–Crippen MR) is 78.8 cm³/mol. The molecule has 2 rings (SSSR count). The number of hydrogen-bond donors (Lipinski definition) is 1. The average Bonchev–Trinajstić information content (AvgIpc) is 2.42. The van der Waals surface area contributed by atoms with Crippen LogP contribution in [0.3, 0.4) is 0 Å². The topological polar surface area (TPSA) is 77.2 Å². The smallest absolute Gasteiger partial charge is 0.301 e. The summed E-state index contributed by atoms with van der Waals surface area (Å²) in [4.78, 5) is 20.0. The molecular weight excluding hydrogens is 317 g/mol. The normalized spacial score (nSPS) is 10.2. The Morgan fingerprint density at radius 2 is 2.14 bits per heavy atom. The van der Waals surface area contributed by atoms with Crippen molar-refractivity contribution in [2.75, 3.05) is 7.11 Å². The molecule has 0 radical (unpaired) electrons. The van der Waals surface area contributed by atoms with Gasteiger partial charge in [0.25, 0.3) is 5.88 Å². The molecule has 2 aromatic heterocycles. The number of hydrogen-bond acceptors (Lipinski definition) is 5. The number of aromatic hydroxyl groups is 1. The highest BCUT2D eigenvalue weighted by atomic mass is 35.5. The maximum atomic E-state index is 12.2. The first-order chi connectivity index (χ1) is 9.99. The van der Waals surface area contributed by atoms with Crippen LogP contribution in [-0.2, 0) is 6.54 Å². The summed E-state index contributed by atoms with van der Waals surface area (Å²) >= 11 is 11.7. The summed E-state index contributed by atoms with van der Waals surface area (Å²) in [6, 6.07) is 3.01. The van der Waals surface area contributed by atoms with Gasteiger partial charge in [0.2, 0.25) is 5.75 Å². The third-order valence-electron chi connectivity index (χ3n) is 2.62. The van der Waals surface area contributed by atoms with Crippen molar-refractivity contribution in [2.24, 2.45) is 0 Å². The van der Waals surface area contributed by atoms with Crippen LogP contribution in [0.15, 0.2) is 16.9 Å². The van der Waals surface area contributed by atoms with Gasteiger partial charge < -0.3 is 9.84 Å². The van der Waals surface area contributed by atoms with Crippen LogP contribution in [0.4, 0.5) is 0 Å². The fourth-order valence-corrected chi connectivity index (χ4v) is 2.16. The minimum atomic E-state index is -0.621. The molecule has 0 aliphatic carbocycles. The largest absolute Gasteiger partial charge is 0.490 e. The third kappa shape index (κ3) is 2.79. The molecule has 21 heavy (non-hydrogen) atoms. The van der Waals surface area contributed by atoms with Gasteiger partial charge in [0.05, 0.1) is 19.2 Å². The molecule has 2 heterocycles. The Morgan fingerprint density at radius 3 is 2.71 bits per heavy atom. The molecule has 8 heteroatoms. The monoisotopic (exact) mass is 325 g/mol. The van der Waals surface area contributed by atoms with E-state index in [1.165, 1.54) is 19.2 Å². The molecular formula is C13H9Cl2N3O3. The molecule has 0 unspecified atom stereocenters. The molecule has 0 amide bonds. The van der Waals surface area contributed by atoms with Crippen LogP contribution in [0.2, 0.25) is 10.3 Å². The van der Waals surface area contributed by atoms with E-state index < -0.39 is 11.4 Å². The van der Waals surface area contributed by atoms with Crippen LogP contribution >= 0.6 is 23.2 Å². The first-order valence-electron chi connectivity index (χ1n) is 5.63. The van der Waals surface area contributed by atoms with Crippen molar-refractivity contribution in [3.63, 3.8) is 0 Å². The number of pyridine rings is 1. The van der Waals surface area contributed by atoms with E-state index in [1.54, 1.807) is 0 Å². The second-order valence-corrected chi connectivity index (χ2v) is 4.61. The third-order valence-corrected chi connectivity index (χ3v) is 3.12.